The molecule has 2 aromatic rings. The number of hydrogen-bond donors (Lipinski definition) is 2. The standard InChI is InChI=1S/C24H30N6O3/c1-4-11-29-22-20(23(31)30(12-5-2)24(29)32)27-21(28-22)17-9-10-19(26-15-17)25-14-16-7-6-8-18(13-16)33-3/h6-10,13,15,20,22H,4-5,11-12,14H2,1-3H3,(H,25,26)(H,27,28). The molecule has 2 unspecified atom stereocenters. The van der Waals surface area contributed by atoms with Crippen LogP contribution in [0.5, 0.6) is 5.75 Å². The highest BCUT2D eigenvalue weighted by molar-refractivity contribution is 6.08. The van der Waals surface area contributed by atoms with Gasteiger partial charge in [0.05, 0.1) is 7.11 Å². The lowest BCUT2D eigenvalue weighted by Gasteiger charge is -2.40. The quantitative estimate of drug-likeness (QED) is 0.610. The van der Waals surface area contributed by atoms with E-state index in [1.807, 2.05) is 50.2 Å². The van der Waals surface area contributed by atoms with Crippen LogP contribution in [0.1, 0.15) is 37.8 Å². The summed E-state index contributed by atoms with van der Waals surface area (Å²) >= 11 is 0. The average molecular weight is 451 g/mol. The van der Waals surface area contributed by atoms with Crippen LogP contribution in [0, 0.1) is 0 Å². The Morgan fingerprint density at radius 1 is 1.12 bits per heavy atom. The Morgan fingerprint density at radius 2 is 1.94 bits per heavy atom. The summed E-state index contributed by atoms with van der Waals surface area (Å²) in [5.74, 6) is 1.90. The van der Waals surface area contributed by atoms with E-state index in [0.29, 0.717) is 25.5 Å². The van der Waals surface area contributed by atoms with Crippen molar-refractivity contribution in [3.8, 4) is 5.75 Å². The number of rotatable bonds is 9. The number of hydrogen-bond acceptors (Lipinski definition) is 7. The lowest BCUT2D eigenvalue weighted by molar-refractivity contribution is -0.134. The molecule has 174 valence electrons. The van der Waals surface area contributed by atoms with Gasteiger partial charge in [-0.05, 0) is 42.7 Å². The van der Waals surface area contributed by atoms with Crippen molar-refractivity contribution in [1.29, 1.82) is 0 Å². The van der Waals surface area contributed by atoms with E-state index < -0.39 is 12.2 Å². The molecule has 9 nitrogen and oxygen atoms in total. The molecule has 0 saturated carbocycles. The average Bonchev–Trinajstić information content (AvgIpc) is 3.29. The second-order valence-corrected chi connectivity index (χ2v) is 8.12. The van der Waals surface area contributed by atoms with E-state index in [1.165, 1.54) is 4.90 Å². The maximum atomic E-state index is 13.0. The van der Waals surface area contributed by atoms with E-state index in [-0.39, 0.29) is 11.9 Å². The number of imide groups is 1. The number of ether oxygens (including phenoxy) is 1. The number of nitrogens with one attached hydrogen (secondary N) is 2. The minimum absolute atomic E-state index is 0.220. The third kappa shape index (κ3) is 4.62. The zero-order valence-electron chi connectivity index (χ0n) is 19.2. The fourth-order valence-electron chi connectivity index (χ4n) is 4.10. The minimum Gasteiger partial charge on any atom is -0.497 e. The molecule has 4 rings (SSSR count). The Hall–Kier alpha value is -3.62. The zero-order chi connectivity index (χ0) is 23.4. The summed E-state index contributed by atoms with van der Waals surface area (Å²) < 4.78 is 5.26. The van der Waals surface area contributed by atoms with Gasteiger partial charge in [0.2, 0.25) is 0 Å². The molecule has 0 aliphatic carbocycles. The van der Waals surface area contributed by atoms with E-state index in [4.69, 9.17) is 9.73 Å². The molecular weight excluding hydrogens is 420 g/mol. The van der Waals surface area contributed by atoms with Crippen molar-refractivity contribution in [2.45, 2.75) is 45.4 Å². The van der Waals surface area contributed by atoms with Crippen molar-refractivity contribution in [2.75, 3.05) is 25.5 Å². The number of aromatic nitrogens is 1. The van der Waals surface area contributed by atoms with Crippen molar-refractivity contribution in [3.05, 3.63) is 53.7 Å². The Morgan fingerprint density at radius 3 is 2.64 bits per heavy atom. The van der Waals surface area contributed by atoms with Crippen LogP contribution in [-0.4, -0.2) is 65.0 Å². The first-order valence-corrected chi connectivity index (χ1v) is 11.3. The molecule has 2 atom stereocenters. The molecule has 1 aromatic carbocycles. The minimum atomic E-state index is -0.568. The number of amidine groups is 1. The summed E-state index contributed by atoms with van der Waals surface area (Å²) in [7, 11) is 1.65. The molecule has 2 aliphatic heterocycles. The highest BCUT2D eigenvalue weighted by Crippen LogP contribution is 2.25. The van der Waals surface area contributed by atoms with Crippen LogP contribution in [0.2, 0.25) is 0 Å². The van der Waals surface area contributed by atoms with Gasteiger partial charge >= 0.3 is 6.03 Å². The summed E-state index contributed by atoms with van der Waals surface area (Å²) in [6, 6.07) is 10.8. The largest absolute Gasteiger partial charge is 0.497 e. The number of pyridine rings is 1. The van der Waals surface area contributed by atoms with Crippen LogP contribution in [0.25, 0.3) is 0 Å². The Balaban J connectivity index is 1.47. The molecule has 0 spiro atoms. The molecule has 2 aliphatic rings. The maximum absolute atomic E-state index is 13.0. The maximum Gasteiger partial charge on any atom is 0.328 e. The molecule has 3 amide bonds. The SMILES string of the molecule is CCCN1C(=O)C2NC(c3ccc(NCc4cccc(OC)c4)nc3)=NC2N(CCC)C1=O. The first-order chi connectivity index (χ1) is 16.0. The lowest BCUT2D eigenvalue weighted by Crippen LogP contribution is -2.65. The van der Waals surface area contributed by atoms with Crippen molar-refractivity contribution in [2.24, 2.45) is 4.99 Å². The van der Waals surface area contributed by atoms with Crippen LogP contribution in [0.15, 0.2) is 47.6 Å². The second kappa shape index (κ2) is 9.89. The van der Waals surface area contributed by atoms with Gasteiger partial charge in [-0.2, -0.15) is 0 Å². The number of nitrogens with zero attached hydrogens (tertiary/aromatic N) is 4. The van der Waals surface area contributed by atoms with Crippen LogP contribution < -0.4 is 15.4 Å². The van der Waals surface area contributed by atoms with E-state index in [1.54, 1.807) is 18.2 Å². The Bertz CT molecular complexity index is 1040. The lowest BCUT2D eigenvalue weighted by atomic mass is 10.1. The zero-order valence-corrected chi connectivity index (χ0v) is 19.2. The molecule has 1 saturated heterocycles. The van der Waals surface area contributed by atoms with Gasteiger partial charge in [-0.15, -0.1) is 0 Å². The summed E-state index contributed by atoms with van der Waals surface area (Å²) in [6.07, 6.45) is 2.70. The third-order valence-corrected chi connectivity index (χ3v) is 5.74. The number of benzene rings is 1. The van der Waals surface area contributed by atoms with Gasteiger partial charge in [-0.1, -0.05) is 26.0 Å². The highest BCUT2D eigenvalue weighted by Gasteiger charge is 2.49. The normalized spacial score (nSPS) is 19.8. The van der Waals surface area contributed by atoms with Crippen molar-refractivity contribution in [1.82, 2.24) is 20.1 Å². The number of aliphatic imine (C=N–C) groups is 1. The van der Waals surface area contributed by atoms with Gasteiger partial charge in [-0.25, -0.2) is 14.8 Å². The first-order valence-electron chi connectivity index (χ1n) is 11.3. The van der Waals surface area contributed by atoms with Gasteiger partial charge in [0.15, 0.2) is 6.17 Å². The van der Waals surface area contributed by atoms with Crippen molar-refractivity contribution < 1.29 is 14.3 Å². The molecule has 0 bridgehead atoms. The second-order valence-electron chi connectivity index (χ2n) is 8.12. The summed E-state index contributed by atoms with van der Waals surface area (Å²) in [5, 5.41) is 6.53. The Labute approximate surface area is 193 Å². The van der Waals surface area contributed by atoms with E-state index in [2.05, 4.69) is 15.6 Å². The predicted molar refractivity (Wildman–Crippen MR) is 126 cm³/mol. The number of urea groups is 1. The van der Waals surface area contributed by atoms with Gasteiger partial charge in [-0.3, -0.25) is 14.6 Å². The van der Waals surface area contributed by atoms with Crippen LogP contribution in [0.4, 0.5) is 10.6 Å². The van der Waals surface area contributed by atoms with Crippen molar-refractivity contribution in [3.63, 3.8) is 0 Å². The molecule has 33 heavy (non-hydrogen) atoms. The topological polar surface area (TPSA) is 99.2 Å². The smallest absolute Gasteiger partial charge is 0.328 e. The summed E-state index contributed by atoms with van der Waals surface area (Å²) in [4.78, 5) is 38.1. The number of amides is 3. The van der Waals surface area contributed by atoms with Gasteiger partial charge in [0, 0.05) is 31.4 Å². The molecule has 1 aromatic heterocycles. The fraction of sp³-hybridized carbons (Fsp3) is 0.417. The van der Waals surface area contributed by atoms with Crippen LogP contribution in [-0.2, 0) is 11.3 Å². The van der Waals surface area contributed by atoms with Gasteiger partial charge in [0.1, 0.15) is 23.4 Å². The number of anilines is 1. The molecule has 3 heterocycles. The molecule has 2 N–H and O–H groups in total. The van der Waals surface area contributed by atoms with E-state index in [0.717, 1.165) is 35.5 Å². The first kappa shape index (κ1) is 22.6. The van der Waals surface area contributed by atoms with Crippen molar-refractivity contribution >= 4 is 23.6 Å². The van der Waals surface area contributed by atoms with E-state index >= 15 is 0 Å². The number of methoxy groups -OCH3 is 1. The Kier molecular flexibility index (Phi) is 6.76. The summed E-state index contributed by atoms with van der Waals surface area (Å²) in [5.41, 5.74) is 1.86. The monoisotopic (exact) mass is 450 g/mol. The predicted octanol–water partition coefficient (Wildman–Crippen LogP) is 2.83. The molecule has 1 fully saturated rings. The number of carbonyl (C=O) groups excluding carboxylic acids is 2. The van der Waals surface area contributed by atoms with Gasteiger partial charge in [0.25, 0.3) is 5.91 Å². The fourth-order valence-corrected chi connectivity index (χ4v) is 4.10. The number of carbonyl (C=O) groups is 2. The molecule has 9 heteroatoms. The van der Waals surface area contributed by atoms with Gasteiger partial charge < -0.3 is 15.4 Å². The molecule has 0 radical (unpaired) electrons. The summed E-state index contributed by atoms with van der Waals surface area (Å²) in [6.45, 7) is 5.54. The third-order valence-electron chi connectivity index (χ3n) is 5.74. The number of fused-ring (bicyclic) bond motifs is 1. The van der Waals surface area contributed by atoms with Crippen LogP contribution >= 0.6 is 0 Å². The van der Waals surface area contributed by atoms with E-state index in [9.17, 15) is 9.59 Å². The molecular formula is C24H30N6O3. The van der Waals surface area contributed by atoms with Crippen LogP contribution in [0.3, 0.4) is 0 Å². The highest BCUT2D eigenvalue weighted by atomic mass is 16.5.